The van der Waals surface area contributed by atoms with Crippen LogP contribution in [0, 0.1) is 6.57 Å². The van der Waals surface area contributed by atoms with Crippen molar-refractivity contribution < 1.29 is 12.6 Å². The minimum Gasteiger partial charge on any atom is -0.385 e. The molecule has 0 spiro atoms. The number of hydrogen-bond acceptors (Lipinski definition) is 4. The van der Waals surface area contributed by atoms with Crippen molar-refractivity contribution in [1.29, 1.82) is 0 Å². The van der Waals surface area contributed by atoms with Crippen molar-refractivity contribution in [1.82, 2.24) is 0 Å². The van der Waals surface area contributed by atoms with E-state index in [0.717, 1.165) is 5.69 Å². The summed E-state index contributed by atoms with van der Waals surface area (Å²) >= 11 is 0. The van der Waals surface area contributed by atoms with Crippen LogP contribution in [0.1, 0.15) is 6.42 Å². The molecule has 0 saturated carbocycles. The number of nitrogens with zero attached hydrogens (tertiary/aromatic N) is 1. The summed E-state index contributed by atoms with van der Waals surface area (Å²) in [7, 11) is -3.68. The number of rotatable bonds is 7. The third-order valence-electron chi connectivity index (χ3n) is 2.92. The first-order valence-corrected chi connectivity index (χ1v) is 8.18. The number of benzene rings is 2. The summed E-state index contributed by atoms with van der Waals surface area (Å²) in [5.74, 6) is 0. The van der Waals surface area contributed by atoms with Gasteiger partial charge in [-0.1, -0.05) is 30.3 Å². The standard InChI is InChI=1S/C16H16N2O3S/c1-17-14-8-10-15(11-9-14)18-12-5-13-21-22(19,20)16-6-3-2-4-7-16/h2-4,6-11,18H,5,12-13H2. The van der Waals surface area contributed by atoms with Gasteiger partial charge in [-0.2, -0.15) is 8.42 Å². The van der Waals surface area contributed by atoms with E-state index < -0.39 is 10.1 Å². The van der Waals surface area contributed by atoms with Gasteiger partial charge >= 0.3 is 0 Å². The Bertz CT molecular complexity index is 735. The molecule has 0 amide bonds. The molecule has 22 heavy (non-hydrogen) atoms. The van der Waals surface area contributed by atoms with E-state index in [1.165, 1.54) is 12.1 Å². The lowest BCUT2D eigenvalue weighted by molar-refractivity contribution is 0.316. The Kier molecular flexibility index (Phi) is 5.53. The van der Waals surface area contributed by atoms with E-state index in [1.54, 1.807) is 30.3 Å². The van der Waals surface area contributed by atoms with Crippen LogP contribution in [0.5, 0.6) is 0 Å². The highest BCUT2D eigenvalue weighted by Gasteiger charge is 2.13. The molecule has 0 aliphatic rings. The molecule has 2 rings (SSSR count). The maximum Gasteiger partial charge on any atom is 0.296 e. The Morgan fingerprint density at radius 3 is 2.36 bits per heavy atom. The van der Waals surface area contributed by atoms with Crippen molar-refractivity contribution in [3.63, 3.8) is 0 Å². The van der Waals surface area contributed by atoms with Gasteiger partial charge in [0.15, 0.2) is 5.69 Å². The smallest absolute Gasteiger partial charge is 0.296 e. The predicted molar refractivity (Wildman–Crippen MR) is 85.4 cm³/mol. The zero-order valence-corrected chi connectivity index (χ0v) is 12.7. The summed E-state index contributed by atoms with van der Waals surface area (Å²) in [4.78, 5) is 3.48. The average Bonchev–Trinajstić information content (AvgIpc) is 2.56. The summed E-state index contributed by atoms with van der Waals surface area (Å²) in [6.07, 6.45) is 0.552. The highest BCUT2D eigenvalue weighted by atomic mass is 32.2. The van der Waals surface area contributed by atoms with Crippen molar-refractivity contribution in [3.05, 3.63) is 66.0 Å². The molecule has 0 bridgehead atoms. The van der Waals surface area contributed by atoms with Gasteiger partial charge in [0.2, 0.25) is 0 Å². The third kappa shape index (κ3) is 4.58. The summed E-state index contributed by atoms with van der Waals surface area (Å²) < 4.78 is 28.7. The zero-order chi connectivity index (χ0) is 15.8. The molecule has 114 valence electrons. The quantitative estimate of drug-likeness (QED) is 0.483. The summed E-state index contributed by atoms with van der Waals surface area (Å²) in [6.45, 7) is 7.57. The van der Waals surface area contributed by atoms with Gasteiger partial charge < -0.3 is 5.32 Å². The molecule has 2 aromatic carbocycles. The molecule has 6 heteroatoms. The normalized spacial score (nSPS) is 10.9. The van der Waals surface area contributed by atoms with Crippen molar-refractivity contribution in [2.24, 2.45) is 0 Å². The predicted octanol–water partition coefficient (Wildman–Crippen LogP) is 3.44. The van der Waals surface area contributed by atoms with Gasteiger partial charge in [-0.25, -0.2) is 4.85 Å². The van der Waals surface area contributed by atoms with Crippen LogP contribution >= 0.6 is 0 Å². The fourth-order valence-electron chi connectivity index (χ4n) is 1.78. The van der Waals surface area contributed by atoms with Crippen LogP contribution in [0.2, 0.25) is 0 Å². The molecule has 0 aromatic heterocycles. The number of anilines is 1. The molecule has 1 N–H and O–H groups in total. The van der Waals surface area contributed by atoms with Crippen LogP contribution in [0.15, 0.2) is 59.5 Å². The molecule has 0 aliphatic carbocycles. The van der Waals surface area contributed by atoms with Crippen LogP contribution in [0.3, 0.4) is 0 Å². The van der Waals surface area contributed by atoms with Crippen LogP contribution < -0.4 is 5.32 Å². The van der Waals surface area contributed by atoms with Gasteiger partial charge in [0.25, 0.3) is 10.1 Å². The second-order valence-corrected chi connectivity index (χ2v) is 6.14. The SMILES string of the molecule is [C-]#[N+]c1ccc(NCCCOS(=O)(=O)c2ccccc2)cc1. The molecule has 0 radical (unpaired) electrons. The largest absolute Gasteiger partial charge is 0.385 e. The lowest BCUT2D eigenvalue weighted by atomic mass is 10.3. The van der Waals surface area contributed by atoms with Crippen molar-refractivity contribution >= 4 is 21.5 Å². The Balaban J connectivity index is 1.74. The highest BCUT2D eigenvalue weighted by Crippen LogP contribution is 2.16. The molecule has 5 nitrogen and oxygen atoms in total. The fraction of sp³-hybridized carbons (Fsp3) is 0.188. The van der Waals surface area contributed by atoms with E-state index in [0.29, 0.717) is 18.7 Å². The first-order chi connectivity index (χ1) is 10.6. The first kappa shape index (κ1) is 16.0. The molecule has 0 unspecified atom stereocenters. The van der Waals surface area contributed by atoms with E-state index >= 15 is 0 Å². The average molecular weight is 316 g/mol. The van der Waals surface area contributed by atoms with Gasteiger partial charge in [-0.3, -0.25) is 4.18 Å². The Morgan fingerprint density at radius 1 is 1.05 bits per heavy atom. The lowest BCUT2D eigenvalue weighted by Crippen LogP contribution is -2.11. The Hall–Kier alpha value is -2.36. The molecule has 0 fully saturated rings. The summed E-state index contributed by atoms with van der Waals surface area (Å²) in [5, 5.41) is 3.14. The second kappa shape index (κ2) is 7.59. The number of hydrogen-bond donors (Lipinski definition) is 1. The Morgan fingerprint density at radius 2 is 1.73 bits per heavy atom. The molecule has 0 heterocycles. The summed E-state index contributed by atoms with van der Waals surface area (Å²) in [5.41, 5.74) is 1.47. The molecule has 0 atom stereocenters. The first-order valence-electron chi connectivity index (χ1n) is 6.78. The highest BCUT2D eigenvalue weighted by molar-refractivity contribution is 7.86. The molecule has 0 saturated heterocycles. The number of nitrogens with one attached hydrogen (secondary N) is 1. The molecule has 0 aliphatic heterocycles. The monoisotopic (exact) mass is 316 g/mol. The molecular formula is C16H16N2O3S. The van der Waals surface area contributed by atoms with Crippen LogP contribution in [-0.4, -0.2) is 21.6 Å². The van der Waals surface area contributed by atoms with E-state index in [9.17, 15) is 8.42 Å². The van der Waals surface area contributed by atoms with Gasteiger partial charge in [0, 0.05) is 12.2 Å². The minimum absolute atomic E-state index is 0.115. The molecular weight excluding hydrogens is 300 g/mol. The maximum atomic E-state index is 11.9. The van der Waals surface area contributed by atoms with Gasteiger partial charge in [-0.15, -0.1) is 0 Å². The van der Waals surface area contributed by atoms with Gasteiger partial charge in [0.1, 0.15) is 0 Å². The fourth-order valence-corrected chi connectivity index (χ4v) is 2.75. The zero-order valence-electron chi connectivity index (χ0n) is 11.9. The van der Waals surface area contributed by atoms with E-state index in [2.05, 4.69) is 10.2 Å². The lowest BCUT2D eigenvalue weighted by Gasteiger charge is -2.07. The van der Waals surface area contributed by atoms with E-state index in [4.69, 9.17) is 10.8 Å². The third-order valence-corrected chi connectivity index (χ3v) is 4.24. The van der Waals surface area contributed by atoms with Crippen molar-refractivity contribution in [3.8, 4) is 0 Å². The van der Waals surface area contributed by atoms with Crippen molar-refractivity contribution in [2.75, 3.05) is 18.5 Å². The van der Waals surface area contributed by atoms with E-state index in [-0.39, 0.29) is 11.5 Å². The van der Waals surface area contributed by atoms with Crippen LogP contribution in [-0.2, 0) is 14.3 Å². The van der Waals surface area contributed by atoms with Crippen LogP contribution in [0.25, 0.3) is 4.85 Å². The minimum atomic E-state index is -3.68. The second-order valence-electron chi connectivity index (χ2n) is 4.53. The van der Waals surface area contributed by atoms with Crippen molar-refractivity contribution in [2.45, 2.75) is 11.3 Å². The van der Waals surface area contributed by atoms with E-state index in [1.807, 2.05) is 12.1 Å². The Labute approximate surface area is 130 Å². The van der Waals surface area contributed by atoms with Crippen LogP contribution in [0.4, 0.5) is 11.4 Å². The topological polar surface area (TPSA) is 59.8 Å². The maximum absolute atomic E-state index is 11.9. The summed E-state index contributed by atoms with van der Waals surface area (Å²) in [6, 6.07) is 15.2. The van der Waals surface area contributed by atoms with Gasteiger partial charge in [0.05, 0.1) is 18.1 Å². The molecule has 2 aromatic rings. The van der Waals surface area contributed by atoms with Gasteiger partial charge in [-0.05, 0) is 30.7 Å².